The number of carbonyl (C=O) groups is 1. The van der Waals surface area contributed by atoms with Crippen LogP contribution in [0.15, 0.2) is 23.1 Å². The van der Waals surface area contributed by atoms with Crippen LogP contribution >= 0.6 is 0 Å². The Bertz CT molecular complexity index is 623. The zero-order valence-corrected chi connectivity index (χ0v) is 11.0. The van der Waals surface area contributed by atoms with E-state index >= 15 is 0 Å². The predicted octanol–water partition coefficient (Wildman–Crippen LogP) is -0.0800. The third kappa shape index (κ3) is 2.13. The van der Waals surface area contributed by atoms with Gasteiger partial charge in [0.2, 0.25) is 0 Å². The second-order valence-electron chi connectivity index (χ2n) is 4.45. The number of rotatable bonds is 1. The SMILES string of the molecule is O=C1Nc2cccc(N3CCNCC3)c2S(=O)(=O)N1. The summed E-state index contributed by atoms with van der Waals surface area (Å²) in [5.74, 6) is 0. The normalized spacial score (nSPS) is 21.3. The summed E-state index contributed by atoms with van der Waals surface area (Å²) in [4.78, 5) is 13.5. The highest BCUT2D eigenvalue weighted by molar-refractivity contribution is 7.90. The molecule has 19 heavy (non-hydrogen) atoms. The number of amides is 2. The van der Waals surface area contributed by atoms with Gasteiger partial charge in [0.1, 0.15) is 4.90 Å². The van der Waals surface area contributed by atoms with Gasteiger partial charge in [-0.15, -0.1) is 0 Å². The van der Waals surface area contributed by atoms with Crippen LogP contribution in [0.4, 0.5) is 16.2 Å². The predicted molar refractivity (Wildman–Crippen MR) is 70.9 cm³/mol. The Labute approximate surface area is 111 Å². The van der Waals surface area contributed by atoms with E-state index in [0.29, 0.717) is 11.4 Å². The van der Waals surface area contributed by atoms with Gasteiger partial charge in [-0.2, -0.15) is 0 Å². The topological polar surface area (TPSA) is 90.5 Å². The fraction of sp³-hybridized carbons (Fsp3) is 0.364. The van der Waals surface area contributed by atoms with Gasteiger partial charge in [-0.3, -0.25) is 0 Å². The highest BCUT2D eigenvalue weighted by Crippen LogP contribution is 2.34. The van der Waals surface area contributed by atoms with E-state index < -0.39 is 16.1 Å². The van der Waals surface area contributed by atoms with Crippen molar-refractivity contribution in [2.45, 2.75) is 4.90 Å². The number of urea groups is 1. The molecule has 0 radical (unpaired) electrons. The molecule has 2 amide bonds. The number of benzene rings is 1. The van der Waals surface area contributed by atoms with Crippen molar-refractivity contribution in [2.24, 2.45) is 0 Å². The molecular weight excluding hydrogens is 268 g/mol. The molecule has 0 spiro atoms. The fourth-order valence-electron chi connectivity index (χ4n) is 2.38. The number of hydrogen-bond donors (Lipinski definition) is 3. The number of nitrogens with one attached hydrogen (secondary N) is 3. The van der Waals surface area contributed by atoms with E-state index in [4.69, 9.17) is 0 Å². The van der Waals surface area contributed by atoms with Gasteiger partial charge in [0.05, 0.1) is 11.4 Å². The summed E-state index contributed by atoms with van der Waals surface area (Å²) in [5.41, 5.74) is 0.964. The number of piperazine rings is 1. The number of nitrogens with zero attached hydrogens (tertiary/aromatic N) is 1. The Hall–Kier alpha value is -1.80. The number of carbonyl (C=O) groups excluding carboxylic acids is 1. The molecule has 8 heteroatoms. The molecule has 0 unspecified atom stereocenters. The van der Waals surface area contributed by atoms with E-state index in [2.05, 4.69) is 10.6 Å². The lowest BCUT2D eigenvalue weighted by atomic mass is 10.2. The van der Waals surface area contributed by atoms with E-state index in [9.17, 15) is 13.2 Å². The quantitative estimate of drug-likeness (QED) is 0.670. The molecule has 0 bridgehead atoms. The Kier molecular flexibility index (Phi) is 2.83. The van der Waals surface area contributed by atoms with Gasteiger partial charge in [0.15, 0.2) is 0 Å². The lowest BCUT2D eigenvalue weighted by Gasteiger charge is -2.32. The molecule has 0 atom stereocenters. The van der Waals surface area contributed by atoms with E-state index in [1.165, 1.54) is 0 Å². The monoisotopic (exact) mass is 282 g/mol. The van der Waals surface area contributed by atoms with Crippen LogP contribution in [0.3, 0.4) is 0 Å². The fourth-order valence-corrected chi connectivity index (χ4v) is 3.66. The molecule has 0 aliphatic carbocycles. The summed E-state index contributed by atoms with van der Waals surface area (Å²) < 4.78 is 26.2. The minimum atomic E-state index is -3.80. The second-order valence-corrected chi connectivity index (χ2v) is 6.07. The van der Waals surface area contributed by atoms with Crippen LogP contribution in [0.25, 0.3) is 0 Å². The van der Waals surface area contributed by atoms with Crippen LogP contribution in [-0.4, -0.2) is 40.6 Å². The Morgan fingerprint density at radius 1 is 1.16 bits per heavy atom. The van der Waals surface area contributed by atoms with Gasteiger partial charge in [-0.1, -0.05) is 6.07 Å². The van der Waals surface area contributed by atoms with Crippen LogP contribution < -0.4 is 20.3 Å². The summed E-state index contributed by atoms with van der Waals surface area (Å²) in [5, 5.41) is 5.74. The van der Waals surface area contributed by atoms with Gasteiger partial charge >= 0.3 is 6.03 Å². The van der Waals surface area contributed by atoms with E-state index in [1.807, 2.05) is 9.62 Å². The lowest BCUT2D eigenvalue weighted by Crippen LogP contribution is -2.45. The van der Waals surface area contributed by atoms with Crippen molar-refractivity contribution in [2.75, 3.05) is 36.4 Å². The third-order valence-corrected chi connectivity index (χ3v) is 4.62. The third-order valence-electron chi connectivity index (χ3n) is 3.20. The zero-order chi connectivity index (χ0) is 13.5. The van der Waals surface area contributed by atoms with Crippen molar-refractivity contribution in [1.29, 1.82) is 0 Å². The molecule has 1 aromatic rings. The Morgan fingerprint density at radius 2 is 1.89 bits per heavy atom. The average Bonchev–Trinajstić information content (AvgIpc) is 2.37. The summed E-state index contributed by atoms with van der Waals surface area (Å²) >= 11 is 0. The van der Waals surface area contributed by atoms with E-state index in [1.54, 1.807) is 18.2 Å². The van der Waals surface area contributed by atoms with E-state index in [0.717, 1.165) is 26.2 Å². The molecule has 102 valence electrons. The van der Waals surface area contributed by atoms with Crippen molar-refractivity contribution in [3.63, 3.8) is 0 Å². The van der Waals surface area contributed by atoms with Crippen molar-refractivity contribution >= 4 is 27.4 Å². The molecule has 0 aromatic heterocycles. The molecule has 1 saturated heterocycles. The second kappa shape index (κ2) is 4.39. The van der Waals surface area contributed by atoms with Crippen molar-refractivity contribution in [1.82, 2.24) is 10.0 Å². The number of sulfonamides is 1. The standard InChI is InChI=1S/C11H14N4O3S/c16-11-13-8-2-1-3-9(10(8)19(17,18)14-11)15-6-4-12-5-7-15/h1-3,12H,4-7H2,(H2,13,14,16). The first kappa shape index (κ1) is 12.2. The summed E-state index contributed by atoms with van der Waals surface area (Å²) in [7, 11) is -3.80. The van der Waals surface area contributed by atoms with Crippen molar-refractivity contribution in [3.8, 4) is 0 Å². The maximum atomic E-state index is 12.1. The molecule has 0 saturated carbocycles. The zero-order valence-electron chi connectivity index (χ0n) is 10.1. The van der Waals surface area contributed by atoms with Gasteiger partial charge < -0.3 is 15.5 Å². The summed E-state index contributed by atoms with van der Waals surface area (Å²) in [6.45, 7) is 3.09. The highest BCUT2D eigenvalue weighted by Gasteiger charge is 2.32. The average molecular weight is 282 g/mol. The highest BCUT2D eigenvalue weighted by atomic mass is 32.2. The molecule has 1 fully saturated rings. The van der Waals surface area contributed by atoms with Crippen LogP contribution in [0.1, 0.15) is 0 Å². The summed E-state index contributed by atoms with van der Waals surface area (Å²) in [6, 6.07) is 4.39. The van der Waals surface area contributed by atoms with E-state index in [-0.39, 0.29) is 4.90 Å². The van der Waals surface area contributed by atoms with Gasteiger partial charge in [0, 0.05) is 26.2 Å². The van der Waals surface area contributed by atoms with Gasteiger partial charge in [-0.25, -0.2) is 17.9 Å². The van der Waals surface area contributed by atoms with Crippen molar-refractivity contribution in [3.05, 3.63) is 18.2 Å². The number of hydrogen-bond acceptors (Lipinski definition) is 5. The first-order valence-corrected chi connectivity index (χ1v) is 7.49. The van der Waals surface area contributed by atoms with Gasteiger partial charge in [0.25, 0.3) is 10.0 Å². The Balaban J connectivity index is 2.12. The Morgan fingerprint density at radius 3 is 2.63 bits per heavy atom. The molecule has 3 rings (SSSR count). The van der Waals surface area contributed by atoms with Crippen molar-refractivity contribution < 1.29 is 13.2 Å². The molecule has 2 aliphatic heterocycles. The summed E-state index contributed by atoms with van der Waals surface area (Å²) in [6.07, 6.45) is 0. The largest absolute Gasteiger partial charge is 0.368 e. The minimum Gasteiger partial charge on any atom is -0.368 e. The van der Waals surface area contributed by atoms with Gasteiger partial charge in [-0.05, 0) is 12.1 Å². The lowest BCUT2D eigenvalue weighted by molar-refractivity contribution is 0.256. The minimum absolute atomic E-state index is 0.150. The number of anilines is 2. The maximum absolute atomic E-state index is 12.1. The first-order chi connectivity index (χ1) is 9.08. The van der Waals surface area contributed by atoms with Crippen LogP contribution in [0, 0.1) is 0 Å². The molecule has 3 N–H and O–H groups in total. The van der Waals surface area contributed by atoms with Crippen LogP contribution in [0.5, 0.6) is 0 Å². The molecule has 2 aliphatic rings. The van der Waals surface area contributed by atoms with Crippen LogP contribution in [-0.2, 0) is 10.0 Å². The first-order valence-electron chi connectivity index (χ1n) is 6.00. The molecular formula is C11H14N4O3S. The van der Waals surface area contributed by atoms with Crippen LogP contribution in [0.2, 0.25) is 0 Å². The molecule has 2 heterocycles. The maximum Gasteiger partial charge on any atom is 0.333 e. The molecule has 7 nitrogen and oxygen atoms in total. The molecule has 1 aromatic carbocycles. The smallest absolute Gasteiger partial charge is 0.333 e. The number of fused-ring (bicyclic) bond motifs is 1.